The van der Waals surface area contributed by atoms with E-state index in [1.54, 1.807) is 0 Å². The predicted octanol–water partition coefficient (Wildman–Crippen LogP) is 3.47. The van der Waals surface area contributed by atoms with E-state index in [-0.39, 0.29) is 18.1 Å². The highest BCUT2D eigenvalue weighted by Gasteiger charge is 2.04. The number of ketones is 1. The maximum atomic E-state index is 11.4. The summed E-state index contributed by atoms with van der Waals surface area (Å²) < 4.78 is -0.497. The highest BCUT2D eigenvalue weighted by atomic mass is 35.5. The number of hydrogen-bond donors (Lipinski definition) is 2. The molecule has 5 heteroatoms. The Morgan fingerprint density at radius 1 is 1.16 bits per heavy atom. The van der Waals surface area contributed by atoms with Crippen LogP contribution < -0.4 is 5.32 Å². The number of halogens is 1. The first-order valence-corrected chi connectivity index (χ1v) is 7.82. The van der Waals surface area contributed by atoms with Gasteiger partial charge in [-0.05, 0) is 12.5 Å². The summed E-state index contributed by atoms with van der Waals surface area (Å²) in [7, 11) is 0. The number of rotatable bonds is 11. The van der Waals surface area contributed by atoms with Gasteiger partial charge in [0.05, 0.1) is 4.71 Å². The van der Waals surface area contributed by atoms with Crippen LogP contribution in [0.25, 0.3) is 0 Å². The van der Waals surface area contributed by atoms with E-state index in [1.165, 1.54) is 37.8 Å². The Morgan fingerprint density at radius 3 is 2.42 bits per heavy atom. The summed E-state index contributed by atoms with van der Waals surface area (Å²) in [6.07, 6.45) is 9.77. The Balaban J connectivity index is 3.53. The summed E-state index contributed by atoms with van der Waals surface area (Å²) in [5.74, 6) is -0.420. The minimum atomic E-state index is -0.497. The summed E-state index contributed by atoms with van der Waals surface area (Å²) in [6.45, 7) is 2.85. The van der Waals surface area contributed by atoms with E-state index in [0.29, 0.717) is 6.54 Å². The minimum absolute atomic E-state index is 0.131. The van der Waals surface area contributed by atoms with E-state index in [1.807, 2.05) is 0 Å². The lowest BCUT2D eigenvalue weighted by Gasteiger charge is -2.02. The molecule has 0 aromatic carbocycles. The Bertz CT molecular complexity index is 293. The molecule has 0 radical (unpaired) electrons. The number of hydrogen-bond acceptors (Lipinski definition) is 3. The normalized spacial score (nSPS) is 12.6. The molecule has 0 heterocycles. The monoisotopic (exact) mass is 305 g/mol. The molecule has 0 aliphatic carbocycles. The lowest BCUT2D eigenvalue weighted by molar-refractivity contribution is -0.117. The lowest BCUT2D eigenvalue weighted by atomic mass is 10.1. The van der Waals surface area contributed by atoms with Gasteiger partial charge < -0.3 is 5.32 Å². The summed E-state index contributed by atoms with van der Waals surface area (Å²) in [5.41, 5.74) is 0. The molecule has 1 N–H and O–H groups in total. The third kappa shape index (κ3) is 13.7. The average molecular weight is 306 g/mol. The summed E-state index contributed by atoms with van der Waals surface area (Å²) in [6, 6.07) is 0. The molecule has 1 amide bonds. The molecule has 0 fully saturated rings. The van der Waals surface area contributed by atoms with Crippen molar-refractivity contribution in [1.29, 1.82) is 0 Å². The Kier molecular flexibility index (Phi) is 12.2. The standard InChI is InChI=1S/C14H24ClNO2S/c1-2-3-4-5-6-7-10-16-14(18)9-8-12(17)11-13(15)19/h8-9,13,19H,2-7,10-11H2,1H3,(H,16,18). The van der Waals surface area contributed by atoms with E-state index in [4.69, 9.17) is 11.6 Å². The largest absolute Gasteiger partial charge is 0.353 e. The number of thiol groups is 1. The van der Waals surface area contributed by atoms with Gasteiger partial charge in [0.15, 0.2) is 5.78 Å². The van der Waals surface area contributed by atoms with Gasteiger partial charge in [0.1, 0.15) is 0 Å². The first-order chi connectivity index (χ1) is 9.06. The van der Waals surface area contributed by atoms with Crippen LogP contribution in [0.2, 0.25) is 0 Å². The highest BCUT2D eigenvalue weighted by Crippen LogP contribution is 2.06. The zero-order valence-electron chi connectivity index (χ0n) is 11.5. The van der Waals surface area contributed by atoms with Crippen LogP contribution in [0, 0.1) is 0 Å². The molecule has 0 bridgehead atoms. The predicted molar refractivity (Wildman–Crippen MR) is 83.8 cm³/mol. The van der Waals surface area contributed by atoms with E-state index >= 15 is 0 Å². The van der Waals surface area contributed by atoms with Gasteiger partial charge in [-0.2, -0.15) is 12.6 Å². The molecular weight excluding hydrogens is 282 g/mol. The van der Waals surface area contributed by atoms with Crippen LogP contribution in [0.4, 0.5) is 0 Å². The Labute approximate surface area is 126 Å². The van der Waals surface area contributed by atoms with Crippen LogP contribution in [-0.4, -0.2) is 22.9 Å². The maximum Gasteiger partial charge on any atom is 0.244 e. The quantitative estimate of drug-likeness (QED) is 0.266. The fraction of sp³-hybridized carbons (Fsp3) is 0.714. The number of amides is 1. The Morgan fingerprint density at radius 2 is 1.79 bits per heavy atom. The fourth-order valence-electron chi connectivity index (χ4n) is 1.58. The molecule has 0 aromatic rings. The molecule has 0 spiro atoms. The molecule has 0 aliphatic rings. The van der Waals surface area contributed by atoms with Gasteiger partial charge >= 0.3 is 0 Å². The van der Waals surface area contributed by atoms with E-state index in [2.05, 4.69) is 24.9 Å². The molecule has 19 heavy (non-hydrogen) atoms. The zero-order chi connectivity index (χ0) is 14.5. The van der Waals surface area contributed by atoms with Crippen molar-refractivity contribution in [2.24, 2.45) is 0 Å². The van der Waals surface area contributed by atoms with Gasteiger partial charge in [0.2, 0.25) is 5.91 Å². The first kappa shape index (κ1) is 18.5. The third-order valence-electron chi connectivity index (χ3n) is 2.62. The summed E-state index contributed by atoms with van der Waals surface area (Å²) in [4.78, 5) is 22.6. The third-order valence-corrected chi connectivity index (χ3v) is 2.96. The maximum absolute atomic E-state index is 11.4. The van der Waals surface area contributed by atoms with Gasteiger partial charge in [-0.3, -0.25) is 9.59 Å². The lowest BCUT2D eigenvalue weighted by Crippen LogP contribution is -2.22. The second kappa shape index (κ2) is 12.5. The van der Waals surface area contributed by atoms with Crippen LogP contribution in [0.5, 0.6) is 0 Å². The van der Waals surface area contributed by atoms with Gasteiger partial charge in [0, 0.05) is 19.0 Å². The van der Waals surface area contributed by atoms with Crippen LogP contribution in [0.1, 0.15) is 51.9 Å². The van der Waals surface area contributed by atoms with Gasteiger partial charge in [-0.15, -0.1) is 11.6 Å². The van der Waals surface area contributed by atoms with Crippen molar-refractivity contribution in [2.45, 2.75) is 56.6 Å². The van der Waals surface area contributed by atoms with E-state index in [0.717, 1.165) is 12.8 Å². The number of carbonyl (C=O) groups is 2. The number of carbonyl (C=O) groups excluding carboxylic acids is 2. The van der Waals surface area contributed by atoms with Crippen molar-refractivity contribution >= 4 is 35.9 Å². The molecule has 3 nitrogen and oxygen atoms in total. The first-order valence-electron chi connectivity index (χ1n) is 6.87. The number of alkyl halides is 1. The van der Waals surface area contributed by atoms with Crippen LogP contribution in [0.15, 0.2) is 12.2 Å². The average Bonchev–Trinajstić information content (AvgIpc) is 2.34. The SMILES string of the molecule is CCCCCCCCNC(=O)C=CC(=O)CC(S)Cl. The molecule has 0 aliphatic heterocycles. The molecule has 1 unspecified atom stereocenters. The number of unbranched alkanes of at least 4 members (excludes halogenated alkanes) is 5. The number of allylic oxidation sites excluding steroid dienone is 1. The minimum Gasteiger partial charge on any atom is -0.353 e. The summed E-state index contributed by atoms with van der Waals surface area (Å²) >= 11 is 9.45. The highest BCUT2D eigenvalue weighted by molar-refractivity contribution is 7.82. The molecule has 0 aromatic heterocycles. The molecule has 0 rings (SSSR count). The van der Waals surface area contributed by atoms with Crippen molar-refractivity contribution in [1.82, 2.24) is 5.32 Å². The van der Waals surface area contributed by atoms with E-state index in [9.17, 15) is 9.59 Å². The molecule has 1 atom stereocenters. The van der Waals surface area contributed by atoms with Crippen molar-refractivity contribution in [2.75, 3.05) is 6.54 Å². The topological polar surface area (TPSA) is 46.2 Å². The fourth-order valence-corrected chi connectivity index (χ4v) is 1.91. The van der Waals surface area contributed by atoms with Crippen molar-refractivity contribution in [3.63, 3.8) is 0 Å². The van der Waals surface area contributed by atoms with Crippen molar-refractivity contribution in [3.8, 4) is 0 Å². The second-order valence-electron chi connectivity index (χ2n) is 4.50. The van der Waals surface area contributed by atoms with Crippen LogP contribution in [0.3, 0.4) is 0 Å². The van der Waals surface area contributed by atoms with Crippen LogP contribution >= 0.6 is 24.2 Å². The van der Waals surface area contributed by atoms with E-state index < -0.39 is 4.71 Å². The molecule has 0 saturated heterocycles. The second-order valence-corrected chi connectivity index (χ2v) is 5.95. The molecular formula is C14H24ClNO2S. The Hall–Kier alpha value is -0.480. The molecule has 110 valence electrons. The van der Waals surface area contributed by atoms with Crippen molar-refractivity contribution in [3.05, 3.63) is 12.2 Å². The number of nitrogens with one attached hydrogen (secondary N) is 1. The molecule has 0 saturated carbocycles. The zero-order valence-corrected chi connectivity index (χ0v) is 13.2. The van der Waals surface area contributed by atoms with Gasteiger partial charge in [-0.1, -0.05) is 39.0 Å². The van der Waals surface area contributed by atoms with Gasteiger partial charge in [0.25, 0.3) is 0 Å². The smallest absolute Gasteiger partial charge is 0.244 e. The van der Waals surface area contributed by atoms with Gasteiger partial charge in [-0.25, -0.2) is 0 Å². The van der Waals surface area contributed by atoms with Crippen molar-refractivity contribution < 1.29 is 9.59 Å². The summed E-state index contributed by atoms with van der Waals surface area (Å²) in [5, 5.41) is 2.75. The van der Waals surface area contributed by atoms with Crippen LogP contribution in [-0.2, 0) is 9.59 Å².